The van der Waals surface area contributed by atoms with Crippen LogP contribution in [0.15, 0.2) is 18.2 Å². The number of hydrogen-bond donors (Lipinski definition) is 1. The Morgan fingerprint density at radius 2 is 2.10 bits per heavy atom. The molecule has 0 saturated carbocycles. The van der Waals surface area contributed by atoms with Crippen LogP contribution < -0.4 is 14.8 Å². The van der Waals surface area contributed by atoms with E-state index < -0.39 is 9.84 Å². The van der Waals surface area contributed by atoms with Gasteiger partial charge in [0, 0.05) is 6.54 Å². The highest BCUT2D eigenvalue weighted by atomic mass is 32.2. The average Bonchev–Trinajstić information content (AvgIpc) is 3.05. The van der Waals surface area contributed by atoms with Crippen molar-refractivity contribution in [3.05, 3.63) is 23.8 Å². The molecule has 1 N–H and O–H groups in total. The Labute approximate surface area is 127 Å². The minimum absolute atomic E-state index is 0.0760. The standard InChI is InChI=1S/C13H14N2O4S2/c16-21(17)5-9-10(6-21)15(13(20)14-9)4-8-1-2-11-12(3-8)19-7-18-11/h1-3,9-10H,4-7H2,(H,14,20)/t9-,10-/m0/s1. The largest absolute Gasteiger partial charge is 0.454 e. The summed E-state index contributed by atoms with van der Waals surface area (Å²) in [6.07, 6.45) is 0. The van der Waals surface area contributed by atoms with E-state index in [0.29, 0.717) is 11.7 Å². The second kappa shape index (κ2) is 4.48. The fourth-order valence-corrected chi connectivity index (χ4v) is 5.36. The molecule has 2 saturated heterocycles. The molecule has 0 bridgehead atoms. The fourth-order valence-electron chi connectivity index (χ4n) is 3.09. The number of ether oxygens (including phenoxy) is 2. The number of fused-ring (bicyclic) bond motifs is 2. The third kappa shape index (κ3) is 2.22. The molecular formula is C13H14N2O4S2. The molecule has 2 atom stereocenters. The van der Waals surface area contributed by atoms with Gasteiger partial charge >= 0.3 is 0 Å². The van der Waals surface area contributed by atoms with E-state index in [1.165, 1.54) is 0 Å². The Morgan fingerprint density at radius 3 is 2.95 bits per heavy atom. The summed E-state index contributed by atoms with van der Waals surface area (Å²) in [6, 6.07) is 5.58. The van der Waals surface area contributed by atoms with Crippen molar-refractivity contribution in [1.82, 2.24) is 10.2 Å². The van der Waals surface area contributed by atoms with E-state index in [1.54, 1.807) is 0 Å². The first kappa shape index (κ1) is 13.1. The van der Waals surface area contributed by atoms with E-state index in [0.717, 1.165) is 17.1 Å². The summed E-state index contributed by atoms with van der Waals surface area (Å²) in [4.78, 5) is 1.96. The van der Waals surface area contributed by atoms with Crippen LogP contribution in [0.25, 0.3) is 0 Å². The lowest BCUT2D eigenvalue weighted by Crippen LogP contribution is -2.36. The van der Waals surface area contributed by atoms with Crippen molar-refractivity contribution in [2.24, 2.45) is 0 Å². The van der Waals surface area contributed by atoms with Gasteiger partial charge in [0.05, 0.1) is 23.6 Å². The zero-order chi connectivity index (χ0) is 14.6. The number of nitrogens with zero attached hydrogens (tertiary/aromatic N) is 1. The lowest BCUT2D eigenvalue weighted by atomic mass is 10.1. The van der Waals surface area contributed by atoms with Crippen molar-refractivity contribution in [3.8, 4) is 11.5 Å². The van der Waals surface area contributed by atoms with Crippen molar-refractivity contribution in [2.75, 3.05) is 18.3 Å². The van der Waals surface area contributed by atoms with E-state index in [2.05, 4.69) is 5.32 Å². The van der Waals surface area contributed by atoms with E-state index in [1.807, 2.05) is 23.1 Å². The fraction of sp³-hybridized carbons (Fsp3) is 0.462. The van der Waals surface area contributed by atoms with Crippen molar-refractivity contribution >= 4 is 27.2 Å². The molecular weight excluding hydrogens is 312 g/mol. The van der Waals surface area contributed by atoms with Gasteiger partial charge in [-0.3, -0.25) is 0 Å². The zero-order valence-corrected chi connectivity index (χ0v) is 12.7. The normalized spacial score (nSPS) is 28.6. The summed E-state index contributed by atoms with van der Waals surface area (Å²) in [5, 5.41) is 3.74. The SMILES string of the molecule is O=S1(=O)C[C@@H]2NC(=S)N(Cc3ccc4c(c3)OCO4)[C@H]2C1. The van der Waals surface area contributed by atoms with Crippen LogP contribution in [-0.4, -0.2) is 48.8 Å². The summed E-state index contributed by atoms with van der Waals surface area (Å²) >= 11 is 5.33. The Balaban J connectivity index is 1.57. The molecule has 4 rings (SSSR count). The maximum Gasteiger partial charge on any atom is 0.231 e. The molecule has 0 aliphatic carbocycles. The lowest BCUT2D eigenvalue weighted by molar-refractivity contribution is 0.174. The molecule has 0 radical (unpaired) electrons. The van der Waals surface area contributed by atoms with Gasteiger partial charge < -0.3 is 19.7 Å². The highest BCUT2D eigenvalue weighted by Crippen LogP contribution is 2.34. The van der Waals surface area contributed by atoms with Gasteiger partial charge in [-0.05, 0) is 29.9 Å². The first-order valence-corrected chi connectivity index (χ1v) is 8.91. The zero-order valence-electron chi connectivity index (χ0n) is 11.1. The summed E-state index contributed by atoms with van der Waals surface area (Å²) < 4.78 is 34.2. The summed E-state index contributed by atoms with van der Waals surface area (Å²) in [6.45, 7) is 0.810. The third-order valence-corrected chi connectivity index (χ3v) is 6.15. The van der Waals surface area contributed by atoms with Gasteiger partial charge in [-0.15, -0.1) is 0 Å². The second-order valence-electron chi connectivity index (χ2n) is 5.52. The van der Waals surface area contributed by atoms with Gasteiger partial charge in [0.1, 0.15) is 0 Å². The summed E-state index contributed by atoms with van der Waals surface area (Å²) in [7, 11) is -2.97. The van der Waals surface area contributed by atoms with Gasteiger partial charge in [0.25, 0.3) is 0 Å². The molecule has 0 aromatic heterocycles. The molecule has 8 heteroatoms. The van der Waals surface area contributed by atoms with Gasteiger partial charge in [-0.25, -0.2) is 8.42 Å². The summed E-state index contributed by atoms with van der Waals surface area (Å²) in [5.41, 5.74) is 1.02. The van der Waals surface area contributed by atoms with Crippen LogP contribution >= 0.6 is 12.2 Å². The Bertz CT molecular complexity index is 719. The molecule has 0 spiro atoms. The molecule has 3 heterocycles. The Hall–Kier alpha value is -1.54. The minimum atomic E-state index is -2.97. The van der Waals surface area contributed by atoms with Crippen molar-refractivity contribution < 1.29 is 17.9 Å². The number of hydrogen-bond acceptors (Lipinski definition) is 5. The molecule has 3 aliphatic rings. The molecule has 0 unspecified atom stereocenters. The minimum Gasteiger partial charge on any atom is -0.454 e. The Kier molecular flexibility index (Phi) is 2.80. The van der Waals surface area contributed by atoms with E-state index in [-0.39, 0.29) is 30.4 Å². The summed E-state index contributed by atoms with van der Waals surface area (Å²) in [5.74, 6) is 1.79. The topological polar surface area (TPSA) is 67.9 Å². The lowest BCUT2D eigenvalue weighted by Gasteiger charge is -2.23. The molecule has 1 aromatic rings. The van der Waals surface area contributed by atoms with E-state index >= 15 is 0 Å². The smallest absolute Gasteiger partial charge is 0.231 e. The van der Waals surface area contributed by atoms with Crippen LogP contribution in [0.2, 0.25) is 0 Å². The monoisotopic (exact) mass is 326 g/mol. The van der Waals surface area contributed by atoms with Crippen molar-refractivity contribution in [3.63, 3.8) is 0 Å². The van der Waals surface area contributed by atoms with Gasteiger partial charge in [0.15, 0.2) is 26.4 Å². The number of sulfone groups is 1. The van der Waals surface area contributed by atoms with Gasteiger partial charge in [-0.1, -0.05) is 6.07 Å². The van der Waals surface area contributed by atoms with E-state index in [4.69, 9.17) is 21.7 Å². The highest BCUT2D eigenvalue weighted by Gasteiger charge is 2.46. The van der Waals surface area contributed by atoms with E-state index in [9.17, 15) is 8.42 Å². The maximum atomic E-state index is 11.8. The second-order valence-corrected chi connectivity index (χ2v) is 8.06. The molecule has 21 heavy (non-hydrogen) atoms. The molecule has 0 amide bonds. The van der Waals surface area contributed by atoms with Gasteiger partial charge in [0.2, 0.25) is 6.79 Å². The van der Waals surface area contributed by atoms with Crippen LogP contribution in [0.5, 0.6) is 11.5 Å². The predicted molar refractivity (Wildman–Crippen MR) is 80.1 cm³/mol. The molecule has 6 nitrogen and oxygen atoms in total. The number of nitrogens with one attached hydrogen (secondary N) is 1. The molecule has 3 aliphatic heterocycles. The van der Waals surface area contributed by atoms with Crippen molar-refractivity contribution in [1.29, 1.82) is 0 Å². The first-order valence-electron chi connectivity index (χ1n) is 6.68. The van der Waals surface area contributed by atoms with Crippen LogP contribution in [-0.2, 0) is 16.4 Å². The highest BCUT2D eigenvalue weighted by molar-refractivity contribution is 7.91. The van der Waals surface area contributed by atoms with Crippen LogP contribution in [0.1, 0.15) is 5.56 Å². The molecule has 1 aromatic carbocycles. The number of rotatable bonds is 2. The first-order chi connectivity index (χ1) is 10.0. The van der Waals surface area contributed by atoms with Crippen LogP contribution in [0.3, 0.4) is 0 Å². The predicted octanol–water partition coefficient (Wildman–Crippen LogP) is 0.271. The van der Waals surface area contributed by atoms with Crippen molar-refractivity contribution in [2.45, 2.75) is 18.6 Å². The average molecular weight is 326 g/mol. The molecule has 2 fully saturated rings. The molecule has 112 valence electrons. The van der Waals surface area contributed by atoms with Crippen LogP contribution in [0, 0.1) is 0 Å². The number of benzene rings is 1. The van der Waals surface area contributed by atoms with Gasteiger partial charge in [-0.2, -0.15) is 0 Å². The Morgan fingerprint density at radius 1 is 1.29 bits per heavy atom. The third-order valence-electron chi connectivity index (χ3n) is 4.08. The van der Waals surface area contributed by atoms with Crippen LogP contribution in [0.4, 0.5) is 0 Å². The maximum absolute atomic E-state index is 11.8. The quantitative estimate of drug-likeness (QED) is 0.783. The number of thiocarbonyl (C=S) groups is 1.